The summed E-state index contributed by atoms with van der Waals surface area (Å²) in [7, 11) is 0. The fourth-order valence-corrected chi connectivity index (χ4v) is 3.90. The van der Waals surface area contributed by atoms with E-state index in [4.69, 9.17) is 4.74 Å². The van der Waals surface area contributed by atoms with Crippen molar-refractivity contribution in [3.8, 4) is 0 Å². The number of nitrogens with zero attached hydrogens (tertiary/aromatic N) is 1. The van der Waals surface area contributed by atoms with E-state index in [1.165, 1.54) is 22.8 Å². The normalized spacial score (nSPS) is 14.7. The molecule has 0 spiro atoms. The highest BCUT2D eigenvalue weighted by Crippen LogP contribution is 2.34. The Morgan fingerprint density at radius 3 is 2.69 bits per heavy atom. The van der Waals surface area contributed by atoms with Gasteiger partial charge in [0.15, 0.2) is 0 Å². The van der Waals surface area contributed by atoms with Crippen molar-refractivity contribution in [3.63, 3.8) is 0 Å². The van der Waals surface area contributed by atoms with Crippen molar-refractivity contribution < 1.29 is 18.7 Å². The van der Waals surface area contributed by atoms with Crippen molar-refractivity contribution >= 4 is 28.9 Å². The molecule has 164 valence electrons. The standard InChI is InChI=1S/C25H23FN2O4/c1-15(2)11-16-3-7-19-20(12-16)25(31)32-22(19)14-23(29)27-9-10-28-21-13-18(26)6-4-17(21)5-8-24(28)30/h3-8,11-13,22H,9-10,14H2,1-2H3,(H,27,29). The quantitative estimate of drug-likeness (QED) is 0.596. The molecule has 0 bridgehead atoms. The molecule has 6 nitrogen and oxygen atoms in total. The number of cyclic esters (lactones) is 1. The molecule has 1 aliphatic rings. The van der Waals surface area contributed by atoms with Crippen LogP contribution in [-0.2, 0) is 16.1 Å². The highest BCUT2D eigenvalue weighted by molar-refractivity contribution is 5.95. The fraction of sp³-hybridized carbons (Fsp3) is 0.240. The average Bonchev–Trinajstić information content (AvgIpc) is 3.04. The van der Waals surface area contributed by atoms with E-state index in [2.05, 4.69) is 5.32 Å². The predicted octanol–water partition coefficient (Wildman–Crippen LogP) is 3.98. The third kappa shape index (κ3) is 4.46. The molecular formula is C25H23FN2O4. The molecule has 0 saturated heterocycles. The van der Waals surface area contributed by atoms with Gasteiger partial charge in [0.05, 0.1) is 17.5 Å². The van der Waals surface area contributed by atoms with Gasteiger partial charge in [-0.2, -0.15) is 0 Å². The molecule has 2 aromatic carbocycles. The van der Waals surface area contributed by atoms with Crippen molar-refractivity contribution in [3.05, 3.63) is 87.0 Å². The largest absolute Gasteiger partial charge is 0.453 e. The van der Waals surface area contributed by atoms with Crippen LogP contribution in [0.4, 0.5) is 4.39 Å². The van der Waals surface area contributed by atoms with Gasteiger partial charge in [0.1, 0.15) is 11.9 Å². The van der Waals surface area contributed by atoms with Gasteiger partial charge in [0.2, 0.25) is 5.91 Å². The number of hydrogen-bond acceptors (Lipinski definition) is 4. The monoisotopic (exact) mass is 434 g/mol. The number of hydrogen-bond donors (Lipinski definition) is 1. The van der Waals surface area contributed by atoms with Gasteiger partial charge < -0.3 is 14.6 Å². The Morgan fingerprint density at radius 2 is 1.91 bits per heavy atom. The smallest absolute Gasteiger partial charge is 0.339 e. The summed E-state index contributed by atoms with van der Waals surface area (Å²) >= 11 is 0. The van der Waals surface area contributed by atoms with Gasteiger partial charge in [-0.25, -0.2) is 9.18 Å². The zero-order valence-corrected chi connectivity index (χ0v) is 17.9. The number of carbonyl (C=O) groups is 2. The number of carbonyl (C=O) groups excluding carboxylic acids is 2. The van der Waals surface area contributed by atoms with Crippen LogP contribution >= 0.6 is 0 Å². The Hall–Kier alpha value is -3.74. The Labute approximate surface area is 184 Å². The maximum absolute atomic E-state index is 13.6. The lowest BCUT2D eigenvalue weighted by Crippen LogP contribution is -2.31. The molecule has 7 heteroatoms. The average molecular weight is 434 g/mol. The molecule has 1 unspecified atom stereocenters. The SMILES string of the molecule is CC(C)=Cc1ccc2c(c1)C(=O)OC2CC(=O)NCCn1c(=O)ccc2ccc(F)cc21. The Morgan fingerprint density at radius 1 is 1.12 bits per heavy atom. The first-order chi connectivity index (χ1) is 15.3. The molecule has 1 N–H and O–H groups in total. The Kier molecular flexibility index (Phi) is 5.90. The first kappa shape index (κ1) is 21.5. The summed E-state index contributed by atoms with van der Waals surface area (Å²) in [6.45, 7) is 4.32. The zero-order chi connectivity index (χ0) is 22.8. The van der Waals surface area contributed by atoms with Crippen molar-refractivity contribution in [2.24, 2.45) is 0 Å². The van der Waals surface area contributed by atoms with Gasteiger partial charge in [-0.1, -0.05) is 23.8 Å². The molecule has 0 fully saturated rings. The third-order valence-corrected chi connectivity index (χ3v) is 5.33. The van der Waals surface area contributed by atoms with E-state index in [1.54, 1.807) is 18.2 Å². The molecule has 0 saturated carbocycles. The number of allylic oxidation sites excluding steroid dienone is 1. The number of esters is 1. The lowest BCUT2D eigenvalue weighted by Gasteiger charge is -2.13. The second-order valence-electron chi connectivity index (χ2n) is 8.04. The lowest BCUT2D eigenvalue weighted by molar-refractivity contribution is -0.123. The minimum Gasteiger partial charge on any atom is -0.453 e. The Balaban J connectivity index is 1.41. The van der Waals surface area contributed by atoms with Gasteiger partial charge >= 0.3 is 5.97 Å². The number of nitrogens with one attached hydrogen (secondary N) is 1. The van der Waals surface area contributed by atoms with E-state index in [0.29, 0.717) is 16.6 Å². The second kappa shape index (κ2) is 8.78. The summed E-state index contributed by atoms with van der Waals surface area (Å²) in [6, 6.07) is 12.8. The summed E-state index contributed by atoms with van der Waals surface area (Å²) in [5.41, 5.74) is 3.38. The van der Waals surface area contributed by atoms with Crippen LogP contribution in [0.25, 0.3) is 17.0 Å². The summed E-state index contributed by atoms with van der Waals surface area (Å²) in [5.74, 6) is -1.18. The highest BCUT2D eigenvalue weighted by Gasteiger charge is 2.32. The maximum atomic E-state index is 13.6. The van der Waals surface area contributed by atoms with E-state index in [1.807, 2.05) is 32.1 Å². The number of amides is 1. The van der Waals surface area contributed by atoms with Crippen molar-refractivity contribution in [1.82, 2.24) is 9.88 Å². The zero-order valence-electron chi connectivity index (χ0n) is 17.9. The number of aromatic nitrogens is 1. The first-order valence-corrected chi connectivity index (χ1v) is 10.4. The van der Waals surface area contributed by atoms with Crippen LogP contribution in [0.15, 0.2) is 58.9 Å². The lowest BCUT2D eigenvalue weighted by atomic mass is 9.99. The van der Waals surface area contributed by atoms with Crippen molar-refractivity contribution in [1.29, 1.82) is 0 Å². The fourth-order valence-electron chi connectivity index (χ4n) is 3.90. The summed E-state index contributed by atoms with van der Waals surface area (Å²) < 4.78 is 20.5. The summed E-state index contributed by atoms with van der Waals surface area (Å²) in [4.78, 5) is 36.9. The molecule has 0 aliphatic carbocycles. The Bertz CT molecular complexity index is 1310. The maximum Gasteiger partial charge on any atom is 0.339 e. The van der Waals surface area contributed by atoms with Gasteiger partial charge in [-0.15, -0.1) is 0 Å². The second-order valence-corrected chi connectivity index (χ2v) is 8.04. The van der Waals surface area contributed by atoms with E-state index in [9.17, 15) is 18.8 Å². The van der Waals surface area contributed by atoms with E-state index >= 15 is 0 Å². The van der Waals surface area contributed by atoms with Crippen LogP contribution in [-0.4, -0.2) is 23.0 Å². The van der Waals surface area contributed by atoms with Crippen LogP contribution in [0.5, 0.6) is 0 Å². The van der Waals surface area contributed by atoms with Gasteiger partial charge in [0, 0.05) is 24.7 Å². The number of benzene rings is 2. The molecular weight excluding hydrogens is 411 g/mol. The number of pyridine rings is 1. The molecule has 1 aliphatic heterocycles. The molecule has 1 atom stereocenters. The minimum absolute atomic E-state index is 0.0141. The molecule has 32 heavy (non-hydrogen) atoms. The number of ether oxygens (including phenoxy) is 1. The molecule has 3 aromatic rings. The van der Waals surface area contributed by atoms with Gasteiger partial charge in [-0.05, 0) is 55.1 Å². The molecule has 2 heterocycles. The number of rotatable bonds is 6. The highest BCUT2D eigenvalue weighted by atomic mass is 19.1. The predicted molar refractivity (Wildman–Crippen MR) is 120 cm³/mol. The van der Waals surface area contributed by atoms with Crippen LogP contribution in [0.3, 0.4) is 0 Å². The number of fused-ring (bicyclic) bond motifs is 2. The number of halogens is 1. The molecule has 0 radical (unpaired) electrons. The molecule has 4 rings (SSSR count). The van der Waals surface area contributed by atoms with Crippen molar-refractivity contribution in [2.75, 3.05) is 6.54 Å². The first-order valence-electron chi connectivity index (χ1n) is 10.4. The van der Waals surface area contributed by atoms with Crippen LogP contribution in [0.2, 0.25) is 0 Å². The minimum atomic E-state index is -0.646. The molecule has 1 aromatic heterocycles. The van der Waals surface area contributed by atoms with Gasteiger partial charge in [-0.3, -0.25) is 9.59 Å². The topological polar surface area (TPSA) is 77.4 Å². The van der Waals surface area contributed by atoms with Crippen LogP contribution in [0.1, 0.15) is 47.9 Å². The van der Waals surface area contributed by atoms with Gasteiger partial charge in [0.25, 0.3) is 5.56 Å². The van der Waals surface area contributed by atoms with Crippen LogP contribution < -0.4 is 10.9 Å². The van der Waals surface area contributed by atoms with E-state index < -0.39 is 17.9 Å². The van der Waals surface area contributed by atoms with Crippen molar-refractivity contribution in [2.45, 2.75) is 32.9 Å². The molecule has 1 amide bonds. The summed E-state index contributed by atoms with van der Waals surface area (Å²) in [5, 5.41) is 3.49. The van der Waals surface area contributed by atoms with Crippen LogP contribution in [0, 0.1) is 5.82 Å². The third-order valence-electron chi connectivity index (χ3n) is 5.33. The van der Waals surface area contributed by atoms with E-state index in [0.717, 1.165) is 16.5 Å². The summed E-state index contributed by atoms with van der Waals surface area (Å²) in [6.07, 6.45) is 1.31. The van der Waals surface area contributed by atoms with E-state index in [-0.39, 0.29) is 31.0 Å².